The van der Waals surface area contributed by atoms with Gasteiger partial charge in [0.1, 0.15) is 28.8 Å². The van der Waals surface area contributed by atoms with E-state index in [-0.39, 0.29) is 27.6 Å². The van der Waals surface area contributed by atoms with Gasteiger partial charge in [-0.25, -0.2) is 4.39 Å². The molecule has 1 N–H and O–H groups in total. The maximum atomic E-state index is 13.6. The van der Waals surface area contributed by atoms with Gasteiger partial charge in [-0.3, -0.25) is 14.5 Å². The summed E-state index contributed by atoms with van der Waals surface area (Å²) >= 11 is 6.27. The van der Waals surface area contributed by atoms with Gasteiger partial charge in [0.15, 0.2) is 0 Å². The average Bonchev–Trinajstić information content (AvgIpc) is 3.14. The van der Waals surface area contributed by atoms with E-state index in [0.29, 0.717) is 17.1 Å². The molecule has 35 heavy (non-hydrogen) atoms. The van der Waals surface area contributed by atoms with Crippen LogP contribution in [-0.4, -0.2) is 38.1 Å². The van der Waals surface area contributed by atoms with E-state index in [2.05, 4.69) is 0 Å². The van der Waals surface area contributed by atoms with Crippen molar-refractivity contribution in [1.82, 2.24) is 0 Å². The third-order valence-electron chi connectivity index (χ3n) is 5.71. The van der Waals surface area contributed by atoms with Crippen LogP contribution in [0, 0.1) is 5.82 Å². The van der Waals surface area contributed by atoms with E-state index in [0.717, 1.165) is 0 Å². The molecule has 0 spiro atoms. The number of rotatable bonds is 6. The summed E-state index contributed by atoms with van der Waals surface area (Å²) < 4.78 is 29.4. The average molecular weight is 498 g/mol. The fourth-order valence-electron chi connectivity index (χ4n) is 3.99. The molecule has 9 heteroatoms. The lowest BCUT2D eigenvalue weighted by atomic mass is 9.94. The molecule has 1 aliphatic rings. The van der Waals surface area contributed by atoms with Gasteiger partial charge in [-0.2, -0.15) is 0 Å². The van der Waals surface area contributed by atoms with Crippen molar-refractivity contribution >= 4 is 34.7 Å². The van der Waals surface area contributed by atoms with Crippen molar-refractivity contribution in [3.63, 3.8) is 0 Å². The van der Waals surface area contributed by atoms with Crippen LogP contribution in [-0.2, 0) is 9.59 Å². The van der Waals surface area contributed by atoms with E-state index >= 15 is 0 Å². The Morgan fingerprint density at radius 1 is 0.914 bits per heavy atom. The smallest absolute Gasteiger partial charge is 0.300 e. The minimum atomic E-state index is -1.02. The number of aliphatic hydroxyl groups excluding tert-OH is 1. The minimum absolute atomic E-state index is 0.105. The molecule has 1 atom stereocenters. The number of ether oxygens (including phenoxy) is 3. The van der Waals surface area contributed by atoms with Crippen molar-refractivity contribution in [2.45, 2.75) is 6.04 Å². The van der Waals surface area contributed by atoms with Crippen molar-refractivity contribution in [2.75, 3.05) is 26.2 Å². The first kappa shape index (κ1) is 24.1. The first-order chi connectivity index (χ1) is 16.8. The standard InChI is InChI=1S/C26H21ClFNO6/c1-33-17-10-4-14(5-11-17)23-22(24(30)18-12-19(27)21(35-3)13-20(18)34-2)25(31)26(32)29(23)16-8-6-15(28)7-9-16/h4-13,23,30H,1-3H3/b24-22+. The van der Waals surface area contributed by atoms with Gasteiger partial charge in [0.25, 0.3) is 11.7 Å². The van der Waals surface area contributed by atoms with Crippen LogP contribution in [0.4, 0.5) is 10.1 Å². The third-order valence-corrected chi connectivity index (χ3v) is 6.01. The van der Waals surface area contributed by atoms with Crippen LogP contribution in [0.1, 0.15) is 17.2 Å². The topological polar surface area (TPSA) is 85.3 Å². The molecule has 0 radical (unpaired) electrons. The van der Waals surface area contributed by atoms with E-state index in [4.69, 9.17) is 25.8 Å². The van der Waals surface area contributed by atoms with Crippen LogP contribution in [0.3, 0.4) is 0 Å². The summed E-state index contributed by atoms with van der Waals surface area (Å²) in [5.41, 5.74) is 0.737. The maximum Gasteiger partial charge on any atom is 0.300 e. The molecular formula is C26H21ClFNO6. The monoisotopic (exact) mass is 497 g/mol. The molecule has 1 amide bonds. The molecule has 7 nitrogen and oxygen atoms in total. The van der Waals surface area contributed by atoms with Gasteiger partial charge in [0.2, 0.25) is 0 Å². The first-order valence-electron chi connectivity index (χ1n) is 10.4. The largest absolute Gasteiger partial charge is 0.507 e. The van der Waals surface area contributed by atoms with Crippen LogP contribution < -0.4 is 19.1 Å². The number of ketones is 1. The van der Waals surface area contributed by atoms with Gasteiger partial charge in [0, 0.05) is 11.8 Å². The third kappa shape index (κ3) is 4.28. The number of amides is 1. The zero-order valence-electron chi connectivity index (χ0n) is 19.0. The van der Waals surface area contributed by atoms with Crippen molar-refractivity contribution in [3.05, 3.63) is 88.2 Å². The summed E-state index contributed by atoms with van der Waals surface area (Å²) in [5.74, 6) is -1.71. The molecule has 180 valence electrons. The van der Waals surface area contributed by atoms with Gasteiger partial charge >= 0.3 is 0 Å². The lowest BCUT2D eigenvalue weighted by Crippen LogP contribution is -2.29. The Morgan fingerprint density at radius 2 is 1.54 bits per heavy atom. The highest BCUT2D eigenvalue weighted by atomic mass is 35.5. The Hall–Kier alpha value is -4.04. The second-order valence-electron chi connectivity index (χ2n) is 7.61. The van der Waals surface area contributed by atoms with Gasteiger partial charge in [-0.05, 0) is 48.0 Å². The second kappa shape index (κ2) is 9.68. The fourth-order valence-corrected chi connectivity index (χ4v) is 4.23. The molecule has 0 saturated carbocycles. The summed E-state index contributed by atoms with van der Waals surface area (Å²) in [4.78, 5) is 27.7. The molecule has 1 aliphatic heterocycles. The zero-order chi connectivity index (χ0) is 25.3. The number of hydrogen-bond acceptors (Lipinski definition) is 6. The molecule has 1 heterocycles. The zero-order valence-corrected chi connectivity index (χ0v) is 19.8. The number of halogens is 2. The van der Waals surface area contributed by atoms with E-state index in [9.17, 15) is 19.1 Å². The van der Waals surface area contributed by atoms with Crippen molar-refractivity contribution < 1.29 is 33.3 Å². The fraction of sp³-hybridized carbons (Fsp3) is 0.154. The van der Waals surface area contributed by atoms with Gasteiger partial charge in [0.05, 0.1) is 43.5 Å². The van der Waals surface area contributed by atoms with Gasteiger partial charge in [-0.1, -0.05) is 23.7 Å². The van der Waals surface area contributed by atoms with E-state index in [1.54, 1.807) is 24.3 Å². The molecule has 3 aromatic carbocycles. The first-order valence-corrected chi connectivity index (χ1v) is 10.8. The van der Waals surface area contributed by atoms with E-state index in [1.807, 2.05) is 0 Å². The summed E-state index contributed by atoms with van der Waals surface area (Å²) in [5, 5.41) is 11.5. The summed E-state index contributed by atoms with van der Waals surface area (Å²) in [7, 11) is 4.33. The van der Waals surface area contributed by atoms with E-state index in [1.165, 1.54) is 62.6 Å². The van der Waals surface area contributed by atoms with Crippen LogP contribution >= 0.6 is 11.6 Å². The molecular weight excluding hydrogens is 477 g/mol. The van der Waals surface area contributed by atoms with Gasteiger partial charge < -0.3 is 19.3 Å². The van der Waals surface area contributed by atoms with Gasteiger partial charge in [-0.15, -0.1) is 0 Å². The minimum Gasteiger partial charge on any atom is -0.507 e. The molecule has 4 rings (SSSR count). The number of methoxy groups -OCH3 is 3. The number of anilines is 1. The lowest BCUT2D eigenvalue weighted by Gasteiger charge is -2.25. The number of aliphatic hydroxyl groups is 1. The Labute approximate surface area is 205 Å². The highest BCUT2D eigenvalue weighted by Crippen LogP contribution is 2.45. The van der Waals surface area contributed by atoms with Crippen molar-refractivity contribution in [1.29, 1.82) is 0 Å². The molecule has 0 aliphatic carbocycles. The molecule has 1 fully saturated rings. The van der Waals surface area contributed by atoms with Crippen molar-refractivity contribution in [2.24, 2.45) is 0 Å². The Morgan fingerprint density at radius 3 is 2.11 bits per heavy atom. The molecule has 0 bridgehead atoms. The van der Waals surface area contributed by atoms with Crippen LogP contribution in [0.15, 0.2) is 66.2 Å². The number of carbonyl (C=O) groups excluding carboxylic acids is 2. The number of hydrogen-bond donors (Lipinski definition) is 1. The predicted molar refractivity (Wildman–Crippen MR) is 129 cm³/mol. The summed E-state index contributed by atoms with van der Waals surface area (Å²) in [6, 6.07) is 13.7. The Kier molecular flexibility index (Phi) is 6.66. The quantitative estimate of drug-likeness (QED) is 0.289. The molecule has 3 aromatic rings. The predicted octanol–water partition coefficient (Wildman–Crippen LogP) is 5.13. The Balaban J connectivity index is 1.97. The number of benzene rings is 3. The van der Waals surface area contributed by atoms with Crippen LogP contribution in [0.2, 0.25) is 5.02 Å². The SMILES string of the molecule is COc1ccc(C2/C(=C(\O)c3cc(Cl)c(OC)cc3OC)C(=O)C(=O)N2c2ccc(F)cc2)cc1. The normalized spacial score (nSPS) is 16.9. The van der Waals surface area contributed by atoms with Crippen LogP contribution in [0.5, 0.6) is 17.2 Å². The van der Waals surface area contributed by atoms with E-state index < -0.39 is 29.3 Å². The highest BCUT2D eigenvalue weighted by molar-refractivity contribution is 6.51. The molecule has 1 saturated heterocycles. The maximum absolute atomic E-state index is 13.6. The number of Topliss-reactive ketones (excluding diaryl/α,β-unsaturated/α-hetero) is 1. The second-order valence-corrected chi connectivity index (χ2v) is 8.01. The number of carbonyl (C=O) groups is 2. The Bertz CT molecular complexity index is 1320. The number of nitrogens with zero attached hydrogens (tertiary/aromatic N) is 1. The highest BCUT2D eigenvalue weighted by Gasteiger charge is 2.47. The molecule has 0 aromatic heterocycles. The summed E-state index contributed by atoms with van der Waals surface area (Å²) in [6.45, 7) is 0. The lowest BCUT2D eigenvalue weighted by molar-refractivity contribution is -0.132. The molecule has 1 unspecified atom stereocenters. The van der Waals surface area contributed by atoms with Crippen LogP contribution in [0.25, 0.3) is 5.76 Å². The van der Waals surface area contributed by atoms with Crippen molar-refractivity contribution in [3.8, 4) is 17.2 Å². The summed E-state index contributed by atoms with van der Waals surface area (Å²) in [6.07, 6.45) is 0.